The zero-order valence-electron chi connectivity index (χ0n) is 8.69. The number of ether oxygens (including phenoxy) is 2. The Labute approximate surface area is 84.8 Å². The van der Waals surface area contributed by atoms with E-state index in [9.17, 15) is 0 Å². The van der Waals surface area contributed by atoms with E-state index in [0.29, 0.717) is 6.61 Å². The van der Waals surface area contributed by atoms with Crippen molar-refractivity contribution in [2.24, 2.45) is 5.73 Å². The Balaban J connectivity index is 0.000000461. The van der Waals surface area contributed by atoms with Gasteiger partial charge in [-0.25, -0.2) is 0 Å². The molecule has 0 aliphatic carbocycles. The van der Waals surface area contributed by atoms with E-state index in [1.165, 1.54) is 7.05 Å². The van der Waals surface area contributed by atoms with Crippen LogP contribution >= 0.6 is 0 Å². The predicted molar refractivity (Wildman–Crippen MR) is 56.8 cm³/mol. The lowest BCUT2D eigenvalue weighted by atomic mass is 10.2. The zero-order chi connectivity index (χ0) is 10.4. The Hall–Kier alpha value is -1.22. The molecule has 1 atom stereocenters. The van der Waals surface area contributed by atoms with Gasteiger partial charge in [-0.15, -0.1) is 0 Å². The third kappa shape index (κ3) is 2.39. The number of hydrogen-bond donors (Lipinski definition) is 1. The van der Waals surface area contributed by atoms with Gasteiger partial charge in [0, 0.05) is 0 Å². The molecule has 0 aromatic heterocycles. The van der Waals surface area contributed by atoms with Crippen molar-refractivity contribution in [3.63, 3.8) is 0 Å². The van der Waals surface area contributed by atoms with Crippen LogP contribution in [0.5, 0.6) is 11.5 Å². The molecular formula is C11H17NO2. The topological polar surface area (TPSA) is 44.5 Å². The molecule has 1 heterocycles. The molecular weight excluding hydrogens is 178 g/mol. The average molecular weight is 195 g/mol. The third-order valence-electron chi connectivity index (χ3n) is 2.02. The summed E-state index contributed by atoms with van der Waals surface area (Å²) in [7, 11) is 1.50. The molecule has 2 rings (SSSR count). The lowest BCUT2D eigenvalue weighted by Crippen LogP contribution is -2.28. The first-order valence-corrected chi connectivity index (χ1v) is 4.86. The van der Waals surface area contributed by atoms with Gasteiger partial charge >= 0.3 is 0 Å². The van der Waals surface area contributed by atoms with E-state index >= 15 is 0 Å². The van der Waals surface area contributed by atoms with Gasteiger partial charge in [-0.2, -0.15) is 0 Å². The van der Waals surface area contributed by atoms with Crippen LogP contribution in [0.4, 0.5) is 0 Å². The van der Waals surface area contributed by atoms with Crippen LogP contribution in [0.25, 0.3) is 0 Å². The van der Waals surface area contributed by atoms with Gasteiger partial charge < -0.3 is 15.2 Å². The van der Waals surface area contributed by atoms with Gasteiger partial charge in [0.25, 0.3) is 0 Å². The maximum atomic E-state index is 5.66. The molecule has 78 valence electrons. The van der Waals surface area contributed by atoms with Crippen LogP contribution < -0.4 is 15.2 Å². The molecule has 0 bridgehead atoms. The standard InChI is InChI=1S/C10H12O2.CH5N/c1-2-8-7-11-9-5-3-4-6-10(9)12-8;1-2/h3-6,8H,2,7H2,1H3;2H2,1H3. The lowest BCUT2D eigenvalue weighted by molar-refractivity contribution is 0.0884. The first kappa shape index (κ1) is 10.9. The number of fused-ring (bicyclic) bond motifs is 1. The molecule has 0 spiro atoms. The number of rotatable bonds is 1. The van der Waals surface area contributed by atoms with Gasteiger partial charge in [0.2, 0.25) is 0 Å². The second-order valence-electron chi connectivity index (χ2n) is 2.91. The summed E-state index contributed by atoms with van der Waals surface area (Å²) in [6.45, 7) is 2.77. The number of hydrogen-bond acceptors (Lipinski definition) is 3. The molecule has 14 heavy (non-hydrogen) atoms. The number of nitrogens with two attached hydrogens (primary N) is 1. The highest BCUT2D eigenvalue weighted by atomic mass is 16.6. The van der Waals surface area contributed by atoms with Crippen LogP contribution in [-0.4, -0.2) is 19.8 Å². The molecule has 0 fully saturated rings. The van der Waals surface area contributed by atoms with Crippen molar-refractivity contribution in [1.29, 1.82) is 0 Å². The highest BCUT2D eigenvalue weighted by molar-refractivity contribution is 5.40. The Kier molecular flexibility index (Phi) is 4.26. The van der Waals surface area contributed by atoms with Gasteiger partial charge in [-0.3, -0.25) is 0 Å². The maximum Gasteiger partial charge on any atom is 0.161 e. The molecule has 0 saturated heterocycles. The van der Waals surface area contributed by atoms with Crippen LogP contribution in [0.2, 0.25) is 0 Å². The summed E-state index contributed by atoms with van der Waals surface area (Å²) < 4.78 is 11.2. The van der Waals surface area contributed by atoms with Crippen LogP contribution in [0.3, 0.4) is 0 Å². The predicted octanol–water partition coefficient (Wildman–Crippen LogP) is 1.81. The fourth-order valence-electron chi connectivity index (χ4n) is 1.26. The van der Waals surface area contributed by atoms with Gasteiger partial charge in [0.1, 0.15) is 12.7 Å². The van der Waals surface area contributed by atoms with E-state index in [4.69, 9.17) is 9.47 Å². The minimum atomic E-state index is 0.222. The molecule has 2 N–H and O–H groups in total. The van der Waals surface area contributed by atoms with E-state index in [1.54, 1.807) is 0 Å². The van der Waals surface area contributed by atoms with Crippen molar-refractivity contribution in [1.82, 2.24) is 0 Å². The van der Waals surface area contributed by atoms with E-state index in [-0.39, 0.29) is 6.10 Å². The Bertz CT molecular complexity index is 276. The van der Waals surface area contributed by atoms with Gasteiger partial charge in [-0.05, 0) is 25.6 Å². The van der Waals surface area contributed by atoms with Crippen molar-refractivity contribution in [3.8, 4) is 11.5 Å². The van der Waals surface area contributed by atoms with Crippen molar-refractivity contribution in [2.75, 3.05) is 13.7 Å². The molecule has 1 aromatic rings. The van der Waals surface area contributed by atoms with Gasteiger partial charge in [-0.1, -0.05) is 19.1 Å². The average Bonchev–Trinajstić information content (AvgIpc) is 2.31. The first-order valence-electron chi connectivity index (χ1n) is 4.86. The smallest absolute Gasteiger partial charge is 0.161 e. The van der Waals surface area contributed by atoms with Crippen LogP contribution in [-0.2, 0) is 0 Å². The molecule has 0 saturated carbocycles. The Morgan fingerprint density at radius 1 is 1.29 bits per heavy atom. The zero-order valence-corrected chi connectivity index (χ0v) is 8.69. The van der Waals surface area contributed by atoms with Crippen LogP contribution in [0, 0.1) is 0 Å². The summed E-state index contributed by atoms with van der Waals surface area (Å²) in [6.07, 6.45) is 1.22. The lowest BCUT2D eigenvalue weighted by Gasteiger charge is -2.25. The van der Waals surface area contributed by atoms with Gasteiger partial charge in [0.05, 0.1) is 0 Å². The Morgan fingerprint density at radius 2 is 1.93 bits per heavy atom. The molecule has 1 aliphatic rings. The second kappa shape index (κ2) is 5.50. The fourth-order valence-corrected chi connectivity index (χ4v) is 1.26. The molecule has 1 unspecified atom stereocenters. The molecule has 3 nitrogen and oxygen atoms in total. The quantitative estimate of drug-likeness (QED) is 0.743. The third-order valence-corrected chi connectivity index (χ3v) is 2.02. The largest absolute Gasteiger partial charge is 0.486 e. The summed E-state index contributed by atoms with van der Waals surface area (Å²) >= 11 is 0. The van der Waals surface area contributed by atoms with E-state index in [1.807, 2.05) is 24.3 Å². The van der Waals surface area contributed by atoms with Crippen molar-refractivity contribution >= 4 is 0 Å². The SMILES string of the molecule is CCC1COc2ccccc2O1.CN. The molecule has 3 heteroatoms. The number of benzene rings is 1. The minimum absolute atomic E-state index is 0.222. The number of para-hydroxylation sites is 2. The normalized spacial score (nSPS) is 18.1. The molecule has 1 aromatic carbocycles. The fraction of sp³-hybridized carbons (Fsp3) is 0.455. The molecule has 0 amide bonds. The summed E-state index contributed by atoms with van der Waals surface area (Å²) in [4.78, 5) is 0. The monoisotopic (exact) mass is 195 g/mol. The van der Waals surface area contributed by atoms with Crippen LogP contribution in [0.15, 0.2) is 24.3 Å². The van der Waals surface area contributed by atoms with E-state index < -0.39 is 0 Å². The summed E-state index contributed by atoms with van der Waals surface area (Å²) in [5, 5.41) is 0. The Morgan fingerprint density at radius 3 is 2.57 bits per heavy atom. The van der Waals surface area contributed by atoms with Crippen LogP contribution in [0.1, 0.15) is 13.3 Å². The maximum absolute atomic E-state index is 5.66. The van der Waals surface area contributed by atoms with Crippen molar-refractivity contribution in [2.45, 2.75) is 19.4 Å². The van der Waals surface area contributed by atoms with Gasteiger partial charge in [0.15, 0.2) is 11.5 Å². The summed E-state index contributed by atoms with van der Waals surface area (Å²) in [5.74, 6) is 1.73. The van der Waals surface area contributed by atoms with E-state index in [0.717, 1.165) is 17.9 Å². The summed E-state index contributed by atoms with van der Waals surface area (Å²) in [5.41, 5.74) is 4.50. The highest BCUT2D eigenvalue weighted by Gasteiger charge is 2.17. The highest BCUT2D eigenvalue weighted by Crippen LogP contribution is 2.31. The minimum Gasteiger partial charge on any atom is -0.486 e. The second-order valence-corrected chi connectivity index (χ2v) is 2.91. The van der Waals surface area contributed by atoms with Crippen molar-refractivity contribution < 1.29 is 9.47 Å². The molecule has 0 radical (unpaired) electrons. The molecule has 1 aliphatic heterocycles. The first-order chi connectivity index (χ1) is 6.90. The summed E-state index contributed by atoms with van der Waals surface area (Å²) in [6, 6.07) is 7.78. The van der Waals surface area contributed by atoms with E-state index in [2.05, 4.69) is 12.7 Å². The van der Waals surface area contributed by atoms with Crippen molar-refractivity contribution in [3.05, 3.63) is 24.3 Å².